The van der Waals surface area contributed by atoms with Crippen LogP contribution in [0.25, 0.3) is 0 Å². The van der Waals surface area contributed by atoms with Crippen LogP contribution in [0.4, 0.5) is 0 Å². The molecule has 0 fully saturated rings. The zero-order valence-corrected chi connectivity index (χ0v) is 25.4. The first-order valence-corrected chi connectivity index (χ1v) is 17.3. The Morgan fingerprint density at radius 1 is 0.545 bits per heavy atom. The largest absolute Gasteiger partial charge is 0.492 e. The molecule has 0 radical (unpaired) electrons. The summed E-state index contributed by atoms with van der Waals surface area (Å²) in [6.07, 6.45) is -1.12. The lowest BCUT2D eigenvalue weighted by atomic mass is 10.1. The highest BCUT2D eigenvalue weighted by atomic mass is 32.2. The third-order valence-corrected chi connectivity index (χ3v) is 11.9. The van der Waals surface area contributed by atoms with Crippen LogP contribution in [-0.4, -0.2) is 51.7 Å². The van der Waals surface area contributed by atoms with Crippen molar-refractivity contribution in [1.29, 1.82) is 0 Å². The smallest absolute Gasteiger partial charge is 0.245 e. The molecule has 4 aromatic rings. The van der Waals surface area contributed by atoms with E-state index in [-0.39, 0.29) is 22.9 Å². The van der Waals surface area contributed by atoms with Crippen molar-refractivity contribution in [3.8, 4) is 11.5 Å². The number of nitrogens with zero attached hydrogens (tertiary/aromatic N) is 2. The number of sulfonamides is 2. The predicted octanol–water partition coefficient (Wildman–Crippen LogP) is 3.74. The Morgan fingerprint density at radius 2 is 0.932 bits per heavy atom. The minimum Gasteiger partial charge on any atom is -0.492 e. The van der Waals surface area contributed by atoms with Crippen molar-refractivity contribution < 1.29 is 26.3 Å². The van der Waals surface area contributed by atoms with E-state index in [2.05, 4.69) is 10.6 Å². The number of nitrogens with one attached hydrogen (secondary N) is 2. The van der Waals surface area contributed by atoms with Gasteiger partial charge in [0.15, 0.2) is 0 Å². The molecule has 44 heavy (non-hydrogen) atoms. The summed E-state index contributed by atoms with van der Waals surface area (Å²) in [4.78, 5) is 0.571. The Morgan fingerprint density at radius 3 is 1.34 bits per heavy atom. The molecule has 0 saturated carbocycles. The number of ether oxygens (including phenoxy) is 2. The van der Waals surface area contributed by atoms with Crippen LogP contribution in [0.15, 0.2) is 107 Å². The topological polar surface area (TPSA) is 117 Å². The first kappa shape index (κ1) is 29.0. The van der Waals surface area contributed by atoms with Crippen LogP contribution < -0.4 is 20.1 Å². The van der Waals surface area contributed by atoms with Crippen molar-refractivity contribution in [2.75, 3.05) is 26.3 Å². The maximum atomic E-state index is 13.6. The predicted molar refractivity (Wildman–Crippen MR) is 164 cm³/mol. The van der Waals surface area contributed by atoms with E-state index in [4.69, 9.17) is 9.47 Å². The number of hydrogen-bond acceptors (Lipinski definition) is 8. The van der Waals surface area contributed by atoms with E-state index in [0.29, 0.717) is 48.9 Å². The minimum atomic E-state index is -3.75. The first-order valence-electron chi connectivity index (χ1n) is 14.4. The maximum Gasteiger partial charge on any atom is 0.245 e. The van der Waals surface area contributed by atoms with Crippen molar-refractivity contribution in [1.82, 2.24) is 19.2 Å². The molecule has 0 aliphatic carbocycles. The van der Waals surface area contributed by atoms with Gasteiger partial charge < -0.3 is 9.47 Å². The Labute approximate surface area is 257 Å². The summed E-state index contributed by atoms with van der Waals surface area (Å²) < 4.78 is 69.3. The minimum absolute atomic E-state index is 0.148. The zero-order valence-electron chi connectivity index (χ0n) is 23.8. The van der Waals surface area contributed by atoms with E-state index in [0.717, 1.165) is 11.1 Å². The molecular formula is C32H32N4O6S2. The Balaban J connectivity index is 1.21. The van der Waals surface area contributed by atoms with E-state index in [1.807, 2.05) is 72.8 Å². The third kappa shape index (κ3) is 5.27. The van der Waals surface area contributed by atoms with Crippen LogP contribution >= 0.6 is 0 Å². The van der Waals surface area contributed by atoms with Gasteiger partial charge in [-0.25, -0.2) is 16.8 Å². The number of hydrogen-bond donors (Lipinski definition) is 2. The van der Waals surface area contributed by atoms with Crippen LogP contribution in [0, 0.1) is 0 Å². The molecule has 10 nitrogen and oxygen atoms in total. The molecule has 6 aliphatic heterocycles. The van der Waals surface area contributed by atoms with Gasteiger partial charge >= 0.3 is 0 Å². The first-order chi connectivity index (χ1) is 21.3. The molecule has 0 aromatic heterocycles. The molecule has 12 heteroatoms. The molecule has 0 spiro atoms. The molecule has 6 heterocycles. The highest BCUT2D eigenvalue weighted by molar-refractivity contribution is 7.89. The lowest BCUT2D eigenvalue weighted by molar-refractivity contribution is 0.247. The molecule has 4 aromatic carbocycles. The van der Waals surface area contributed by atoms with E-state index in [1.165, 1.54) is 8.61 Å². The number of rotatable bonds is 0. The van der Waals surface area contributed by atoms with Crippen molar-refractivity contribution in [2.45, 2.75) is 35.2 Å². The summed E-state index contributed by atoms with van der Waals surface area (Å²) in [7, 11) is -7.50. The lowest BCUT2D eigenvalue weighted by Gasteiger charge is -2.26. The second-order valence-corrected chi connectivity index (χ2v) is 14.6. The molecule has 0 saturated heterocycles. The Hall–Kier alpha value is -3.78. The fraction of sp³-hybridized carbons (Fsp3) is 0.250. The van der Waals surface area contributed by atoms with Crippen LogP contribution in [0.3, 0.4) is 0 Å². The normalized spacial score (nSPS) is 23.2. The van der Waals surface area contributed by atoms with E-state index >= 15 is 0 Å². The molecule has 10 rings (SSSR count). The fourth-order valence-electron chi connectivity index (χ4n) is 5.97. The van der Waals surface area contributed by atoms with Gasteiger partial charge in [-0.1, -0.05) is 60.7 Å². The zero-order chi connectivity index (χ0) is 30.3. The van der Waals surface area contributed by atoms with Gasteiger partial charge in [-0.3, -0.25) is 10.6 Å². The van der Waals surface area contributed by atoms with Gasteiger partial charge in [-0.15, -0.1) is 0 Å². The van der Waals surface area contributed by atoms with Crippen LogP contribution in [0.2, 0.25) is 0 Å². The van der Waals surface area contributed by atoms with E-state index in [9.17, 15) is 16.8 Å². The average molecular weight is 633 g/mol. The third-order valence-electron chi connectivity index (χ3n) is 8.12. The van der Waals surface area contributed by atoms with E-state index in [1.54, 1.807) is 24.3 Å². The summed E-state index contributed by atoms with van der Waals surface area (Å²) in [6, 6.07) is 28.8. The average Bonchev–Trinajstić information content (AvgIpc) is 3.37. The Bertz CT molecular complexity index is 1750. The second-order valence-electron chi connectivity index (χ2n) is 10.9. The van der Waals surface area contributed by atoms with Crippen molar-refractivity contribution in [3.05, 3.63) is 119 Å². The van der Waals surface area contributed by atoms with Gasteiger partial charge in [-0.05, 0) is 47.5 Å². The van der Waals surface area contributed by atoms with Gasteiger partial charge in [0.05, 0.1) is 9.79 Å². The molecular weight excluding hydrogens is 601 g/mol. The van der Waals surface area contributed by atoms with Gasteiger partial charge in [-0.2, -0.15) is 8.61 Å². The summed E-state index contributed by atoms with van der Waals surface area (Å²) in [5, 5.41) is 6.74. The highest BCUT2D eigenvalue weighted by Gasteiger charge is 2.43. The standard InChI is InChI=1S/C32H32N4O6S2/c37-43(38)29-7-3-1-5-27(29)31-33-17-19-41-25-13-15-26(16-14-25)42-20-18-34-32-28-6-2-4-8-30(28)44(39,40)36(32)22-24-11-9-23(10-12-24)21-35(31)43/h1-16,31-34H,17-22H2/t31-,32-/m0/s1. The second kappa shape index (κ2) is 11.6. The van der Waals surface area contributed by atoms with Gasteiger partial charge in [0.2, 0.25) is 20.0 Å². The van der Waals surface area contributed by atoms with Crippen molar-refractivity contribution in [3.63, 3.8) is 0 Å². The van der Waals surface area contributed by atoms with Crippen LogP contribution in [-0.2, 0) is 33.1 Å². The van der Waals surface area contributed by atoms with Gasteiger partial charge in [0, 0.05) is 37.3 Å². The van der Waals surface area contributed by atoms with Crippen LogP contribution in [0.1, 0.15) is 34.6 Å². The summed E-state index contributed by atoms with van der Waals surface area (Å²) in [5.41, 5.74) is 2.96. The molecule has 2 atom stereocenters. The van der Waals surface area contributed by atoms with E-state index < -0.39 is 32.4 Å². The number of benzene rings is 4. The lowest BCUT2D eigenvalue weighted by Crippen LogP contribution is -2.38. The molecule has 228 valence electrons. The van der Waals surface area contributed by atoms with Gasteiger partial charge in [0.25, 0.3) is 0 Å². The fourth-order valence-corrected chi connectivity index (χ4v) is 9.50. The van der Waals surface area contributed by atoms with Gasteiger partial charge in [0.1, 0.15) is 37.0 Å². The molecule has 6 aliphatic rings. The Kier molecular flexibility index (Phi) is 7.65. The molecule has 0 unspecified atom stereocenters. The highest BCUT2D eigenvalue weighted by Crippen LogP contribution is 2.40. The molecule has 2 N–H and O–H groups in total. The van der Waals surface area contributed by atoms with Crippen molar-refractivity contribution >= 4 is 20.0 Å². The quantitative estimate of drug-likeness (QED) is 0.301. The summed E-state index contributed by atoms with van der Waals surface area (Å²) >= 11 is 0. The summed E-state index contributed by atoms with van der Waals surface area (Å²) in [5.74, 6) is 1.33. The number of fused-ring (bicyclic) bond motifs is 2. The van der Waals surface area contributed by atoms with Crippen molar-refractivity contribution in [2.24, 2.45) is 0 Å². The maximum absolute atomic E-state index is 13.6. The van der Waals surface area contributed by atoms with Crippen LogP contribution in [0.5, 0.6) is 11.5 Å². The molecule has 4 bridgehead atoms. The SMILES string of the molecule is O=S1(=O)c2ccccc2[C@H]2NCCOc3ccc(cc3)OCCN[C@@H]3c4ccccc4S(=O)(=O)N3Cc3ccc(cc3)CN21. The molecule has 0 amide bonds. The monoisotopic (exact) mass is 632 g/mol. The summed E-state index contributed by atoms with van der Waals surface area (Å²) in [6.45, 7) is 1.81.